The first kappa shape index (κ1) is 33.9. The number of nitrogens with one attached hydrogen (secondary N) is 2. The van der Waals surface area contributed by atoms with Gasteiger partial charge in [-0.25, -0.2) is 4.68 Å². The van der Waals surface area contributed by atoms with E-state index in [1.165, 1.54) is 12.4 Å². The number of benzene rings is 2. The van der Waals surface area contributed by atoms with E-state index in [0.717, 1.165) is 26.9 Å². The van der Waals surface area contributed by atoms with E-state index in [0.29, 0.717) is 34.4 Å². The standard InChI is InChI=1S/C36H36F3N9/c1-7-23(11-14-42-6)27-9-8-10-28(22(27)2)33(30-20-48(47-46-30)35(12-13-35)36(37,38)39)45-26-15-24(17-40)31-29(16-26)32(25(18-41)19-43-31)44-21-34(3,4)5/h7-11,14-16,19-20,33,45H,1,12-13,21H2,2-6H3,(H,43,44)/b23-11+,42-14-/t33-/m0/s1. The van der Waals surface area contributed by atoms with Crippen molar-refractivity contribution in [3.05, 3.63) is 95.0 Å². The van der Waals surface area contributed by atoms with Gasteiger partial charge >= 0.3 is 6.18 Å². The molecule has 1 aliphatic rings. The van der Waals surface area contributed by atoms with Crippen molar-refractivity contribution in [1.82, 2.24) is 20.0 Å². The van der Waals surface area contributed by atoms with E-state index in [1.807, 2.05) is 31.2 Å². The SMILES string of the molecule is C=C/C(=C\C=N/C)c1cccc([C@H](Nc2cc(C#N)c3ncc(C#N)c(NCC(C)(C)C)c3c2)c2cn(C3(C(F)(F)F)CC3)nn2)c1C. The summed E-state index contributed by atoms with van der Waals surface area (Å²) in [6.07, 6.45) is 3.34. The minimum atomic E-state index is -4.48. The van der Waals surface area contributed by atoms with Crippen molar-refractivity contribution >= 4 is 34.1 Å². The summed E-state index contributed by atoms with van der Waals surface area (Å²) in [6, 6.07) is 12.7. The number of alkyl halides is 3. The number of hydrogen-bond donors (Lipinski definition) is 2. The molecule has 246 valence electrons. The molecular formula is C36H36F3N9. The highest BCUT2D eigenvalue weighted by Gasteiger charge is 2.66. The van der Waals surface area contributed by atoms with Crippen molar-refractivity contribution < 1.29 is 13.2 Å². The summed E-state index contributed by atoms with van der Waals surface area (Å²) in [5.74, 6) is 0. The van der Waals surface area contributed by atoms with Gasteiger partial charge in [0.15, 0.2) is 5.54 Å². The molecular weight excluding hydrogens is 615 g/mol. The first-order chi connectivity index (χ1) is 22.8. The Morgan fingerprint density at radius 1 is 1.17 bits per heavy atom. The van der Waals surface area contributed by atoms with Crippen LogP contribution in [0.3, 0.4) is 0 Å². The lowest BCUT2D eigenvalue weighted by atomic mass is 9.91. The minimum Gasteiger partial charge on any atom is -0.383 e. The third-order valence-electron chi connectivity index (χ3n) is 8.44. The molecule has 0 spiro atoms. The van der Waals surface area contributed by atoms with Gasteiger partial charge < -0.3 is 10.6 Å². The van der Waals surface area contributed by atoms with Crippen LogP contribution in [-0.4, -0.2) is 46.0 Å². The van der Waals surface area contributed by atoms with E-state index < -0.39 is 17.8 Å². The van der Waals surface area contributed by atoms with Crippen LogP contribution in [0.15, 0.2) is 66.4 Å². The van der Waals surface area contributed by atoms with Gasteiger partial charge in [-0.05, 0) is 65.7 Å². The third-order valence-corrected chi connectivity index (χ3v) is 8.44. The second-order valence-corrected chi connectivity index (χ2v) is 13.1. The van der Waals surface area contributed by atoms with E-state index >= 15 is 0 Å². The van der Waals surface area contributed by atoms with E-state index in [4.69, 9.17) is 0 Å². The molecule has 48 heavy (non-hydrogen) atoms. The quantitative estimate of drug-likeness (QED) is 0.132. The summed E-state index contributed by atoms with van der Waals surface area (Å²) < 4.78 is 43.2. The predicted octanol–water partition coefficient (Wildman–Crippen LogP) is 7.86. The zero-order valence-electron chi connectivity index (χ0n) is 27.4. The zero-order chi connectivity index (χ0) is 34.9. The average molecular weight is 652 g/mol. The fourth-order valence-corrected chi connectivity index (χ4v) is 5.66. The summed E-state index contributed by atoms with van der Waals surface area (Å²) >= 11 is 0. The topological polar surface area (TPSA) is 128 Å². The number of fused-ring (bicyclic) bond motifs is 1. The Labute approximate surface area is 277 Å². The van der Waals surface area contributed by atoms with Gasteiger partial charge in [0.05, 0.1) is 34.6 Å². The highest BCUT2D eigenvalue weighted by Crippen LogP contribution is 2.55. The Hall–Kier alpha value is -5.49. The summed E-state index contributed by atoms with van der Waals surface area (Å²) in [4.78, 5) is 8.48. The van der Waals surface area contributed by atoms with E-state index in [-0.39, 0.29) is 29.5 Å². The molecule has 0 radical (unpaired) electrons. The second kappa shape index (κ2) is 13.0. The number of hydrogen-bond acceptors (Lipinski definition) is 8. The third kappa shape index (κ3) is 6.52. The van der Waals surface area contributed by atoms with Gasteiger partial charge in [-0.3, -0.25) is 9.98 Å². The molecule has 2 heterocycles. The Balaban J connectivity index is 1.70. The van der Waals surface area contributed by atoms with Gasteiger partial charge in [-0.2, -0.15) is 23.7 Å². The highest BCUT2D eigenvalue weighted by atomic mass is 19.4. The van der Waals surface area contributed by atoms with Crippen molar-refractivity contribution in [2.24, 2.45) is 10.4 Å². The molecule has 4 aromatic rings. The van der Waals surface area contributed by atoms with Crippen molar-refractivity contribution in [3.8, 4) is 12.1 Å². The van der Waals surface area contributed by atoms with Gasteiger partial charge in [0.1, 0.15) is 17.8 Å². The number of nitrogens with zero attached hydrogens (tertiary/aromatic N) is 7. The average Bonchev–Trinajstić information content (AvgIpc) is 3.73. The maximum absolute atomic E-state index is 14.1. The van der Waals surface area contributed by atoms with Gasteiger partial charge in [0, 0.05) is 37.1 Å². The molecule has 0 aliphatic heterocycles. The van der Waals surface area contributed by atoms with Crippen LogP contribution in [0.5, 0.6) is 0 Å². The maximum Gasteiger partial charge on any atom is 0.413 e. The van der Waals surface area contributed by atoms with Crippen molar-refractivity contribution in [2.45, 2.75) is 58.3 Å². The van der Waals surface area contributed by atoms with Gasteiger partial charge in [-0.1, -0.05) is 56.8 Å². The highest BCUT2D eigenvalue weighted by molar-refractivity contribution is 5.99. The van der Waals surface area contributed by atoms with Gasteiger partial charge in [0.25, 0.3) is 0 Å². The predicted molar refractivity (Wildman–Crippen MR) is 182 cm³/mol. The minimum absolute atomic E-state index is 0.0762. The van der Waals surface area contributed by atoms with Crippen LogP contribution < -0.4 is 10.6 Å². The lowest BCUT2D eigenvalue weighted by Gasteiger charge is -2.24. The molecule has 0 amide bonds. The molecule has 1 fully saturated rings. The van der Waals surface area contributed by atoms with Crippen LogP contribution in [0.25, 0.3) is 16.5 Å². The van der Waals surface area contributed by atoms with Gasteiger partial charge in [0.2, 0.25) is 0 Å². The molecule has 2 aromatic carbocycles. The fourth-order valence-electron chi connectivity index (χ4n) is 5.66. The first-order valence-corrected chi connectivity index (χ1v) is 15.4. The van der Waals surface area contributed by atoms with Crippen LogP contribution in [0.1, 0.15) is 73.2 Å². The Morgan fingerprint density at radius 3 is 2.50 bits per heavy atom. The molecule has 9 nitrogen and oxygen atoms in total. The molecule has 0 saturated heterocycles. The number of allylic oxidation sites excluding steroid dienone is 3. The van der Waals surface area contributed by atoms with E-state index in [1.54, 1.807) is 31.5 Å². The molecule has 2 N–H and O–H groups in total. The summed E-state index contributed by atoms with van der Waals surface area (Å²) in [5.41, 5.74) is 3.29. The molecule has 1 aliphatic carbocycles. The van der Waals surface area contributed by atoms with Crippen molar-refractivity contribution in [2.75, 3.05) is 24.2 Å². The Kier molecular flexibility index (Phi) is 9.14. The largest absolute Gasteiger partial charge is 0.413 e. The molecule has 1 atom stereocenters. The number of pyridine rings is 1. The number of aromatic nitrogens is 4. The molecule has 2 aromatic heterocycles. The van der Waals surface area contributed by atoms with Crippen molar-refractivity contribution in [1.29, 1.82) is 10.5 Å². The smallest absolute Gasteiger partial charge is 0.383 e. The van der Waals surface area contributed by atoms with E-state index in [9.17, 15) is 23.7 Å². The molecule has 1 saturated carbocycles. The van der Waals surface area contributed by atoms with Crippen molar-refractivity contribution in [3.63, 3.8) is 0 Å². The molecule has 5 rings (SSSR count). The first-order valence-electron chi connectivity index (χ1n) is 15.4. The molecule has 0 bridgehead atoms. The zero-order valence-corrected chi connectivity index (χ0v) is 27.4. The number of halogens is 3. The molecule has 12 heteroatoms. The van der Waals surface area contributed by atoms with Crippen LogP contribution in [-0.2, 0) is 5.54 Å². The molecule has 0 unspecified atom stereocenters. The number of nitriles is 2. The summed E-state index contributed by atoms with van der Waals surface area (Å²) in [6.45, 7) is 12.6. The Morgan fingerprint density at radius 2 is 1.90 bits per heavy atom. The van der Waals surface area contributed by atoms with Crippen LogP contribution in [0.2, 0.25) is 0 Å². The van der Waals surface area contributed by atoms with Gasteiger partial charge in [-0.15, -0.1) is 5.10 Å². The van der Waals surface area contributed by atoms with Crippen LogP contribution in [0, 0.1) is 35.0 Å². The number of rotatable bonds is 10. The second-order valence-electron chi connectivity index (χ2n) is 13.1. The normalized spacial score (nSPS) is 15.2. The summed E-state index contributed by atoms with van der Waals surface area (Å²) in [5, 5.41) is 35.7. The van der Waals surface area contributed by atoms with Crippen LogP contribution in [0.4, 0.5) is 24.5 Å². The maximum atomic E-state index is 14.1. The number of anilines is 2. The lowest BCUT2D eigenvalue weighted by molar-refractivity contribution is -0.182. The summed E-state index contributed by atoms with van der Waals surface area (Å²) in [7, 11) is 1.66. The fraction of sp³-hybridized carbons (Fsp3) is 0.333. The van der Waals surface area contributed by atoms with Crippen LogP contribution >= 0.6 is 0 Å². The van der Waals surface area contributed by atoms with E-state index in [2.05, 4.69) is 70.4 Å². The lowest BCUT2D eigenvalue weighted by Crippen LogP contribution is -2.35. The monoisotopic (exact) mass is 651 g/mol. The Bertz CT molecular complexity index is 2010. The number of aliphatic imine (C=N–C) groups is 1.